The predicted octanol–water partition coefficient (Wildman–Crippen LogP) is 2.76. The molecule has 1 atom stereocenters. The number of nitrogens with two attached hydrogens (primary N) is 1. The lowest BCUT2D eigenvalue weighted by Gasteiger charge is -2.29. The Morgan fingerprint density at radius 1 is 1.52 bits per heavy atom. The maximum absolute atomic E-state index is 12.4. The van der Waals surface area contributed by atoms with E-state index in [0.29, 0.717) is 5.92 Å². The van der Waals surface area contributed by atoms with Crippen LogP contribution < -0.4 is 11.1 Å². The quantitative estimate of drug-likeness (QED) is 0.640. The standard InChI is InChI=1S/C13H15Cl2N3O3/c1-13(6-16,7-2-3-7)17-12(19)9-4-8(18(20)21)5-10(14)11(9)15/h4-5,7H,2-3,6,16H2,1H3,(H,17,19). The summed E-state index contributed by atoms with van der Waals surface area (Å²) in [6.07, 6.45) is 1.99. The van der Waals surface area contributed by atoms with Crippen molar-refractivity contribution in [3.8, 4) is 0 Å². The number of non-ortho nitro benzene ring substituents is 1. The normalized spacial score (nSPS) is 17.1. The summed E-state index contributed by atoms with van der Waals surface area (Å²) in [6, 6.07) is 2.23. The van der Waals surface area contributed by atoms with E-state index < -0.39 is 16.4 Å². The Morgan fingerprint density at radius 2 is 2.14 bits per heavy atom. The van der Waals surface area contributed by atoms with Gasteiger partial charge in [0.25, 0.3) is 11.6 Å². The number of nitro groups is 1. The van der Waals surface area contributed by atoms with Crippen LogP contribution in [0.1, 0.15) is 30.1 Å². The van der Waals surface area contributed by atoms with E-state index in [4.69, 9.17) is 28.9 Å². The molecule has 114 valence electrons. The summed E-state index contributed by atoms with van der Waals surface area (Å²) in [5.74, 6) is -0.190. The average molecular weight is 332 g/mol. The Hall–Kier alpha value is -1.37. The van der Waals surface area contributed by atoms with Crippen LogP contribution in [0.3, 0.4) is 0 Å². The molecule has 6 nitrogen and oxygen atoms in total. The number of nitrogens with one attached hydrogen (secondary N) is 1. The highest BCUT2D eigenvalue weighted by Crippen LogP contribution is 2.39. The van der Waals surface area contributed by atoms with Gasteiger partial charge >= 0.3 is 0 Å². The number of amides is 1. The Morgan fingerprint density at radius 3 is 2.62 bits per heavy atom. The van der Waals surface area contributed by atoms with Crippen molar-refractivity contribution in [2.75, 3.05) is 6.54 Å². The fourth-order valence-corrected chi connectivity index (χ4v) is 2.62. The van der Waals surface area contributed by atoms with Gasteiger partial charge in [-0.1, -0.05) is 23.2 Å². The molecule has 0 bridgehead atoms. The minimum absolute atomic E-state index is 0.00469. The Kier molecular flexibility index (Phi) is 4.41. The molecule has 0 spiro atoms. The zero-order chi connectivity index (χ0) is 15.8. The lowest BCUT2D eigenvalue weighted by atomic mass is 9.95. The summed E-state index contributed by atoms with van der Waals surface area (Å²) in [7, 11) is 0. The minimum atomic E-state index is -0.623. The van der Waals surface area contributed by atoms with Gasteiger partial charge in [0.2, 0.25) is 0 Å². The fourth-order valence-electron chi connectivity index (χ4n) is 2.21. The molecular weight excluding hydrogens is 317 g/mol. The maximum Gasteiger partial charge on any atom is 0.271 e. The molecule has 0 heterocycles. The van der Waals surface area contributed by atoms with Crippen LogP contribution in [0.4, 0.5) is 5.69 Å². The van der Waals surface area contributed by atoms with E-state index in [9.17, 15) is 14.9 Å². The van der Waals surface area contributed by atoms with Crippen LogP contribution in [0.25, 0.3) is 0 Å². The number of carbonyl (C=O) groups excluding carboxylic acids is 1. The van der Waals surface area contributed by atoms with Gasteiger partial charge in [-0.3, -0.25) is 14.9 Å². The monoisotopic (exact) mass is 331 g/mol. The van der Waals surface area contributed by atoms with E-state index in [1.54, 1.807) is 0 Å². The second-order valence-corrected chi connectivity index (χ2v) is 6.18. The van der Waals surface area contributed by atoms with E-state index in [0.717, 1.165) is 25.0 Å². The van der Waals surface area contributed by atoms with E-state index in [1.807, 2.05) is 6.92 Å². The zero-order valence-electron chi connectivity index (χ0n) is 11.4. The number of rotatable bonds is 5. The van der Waals surface area contributed by atoms with Crippen LogP contribution >= 0.6 is 23.2 Å². The first-order chi connectivity index (χ1) is 9.78. The van der Waals surface area contributed by atoms with Crippen LogP contribution in [0.2, 0.25) is 10.0 Å². The van der Waals surface area contributed by atoms with E-state index in [2.05, 4.69) is 5.32 Å². The largest absolute Gasteiger partial charge is 0.345 e. The molecule has 1 aromatic carbocycles. The molecule has 1 aliphatic rings. The van der Waals surface area contributed by atoms with Gasteiger partial charge in [0, 0.05) is 18.7 Å². The Bertz CT molecular complexity index is 605. The molecule has 1 unspecified atom stereocenters. The van der Waals surface area contributed by atoms with Crippen LogP contribution in [0.5, 0.6) is 0 Å². The van der Waals surface area contributed by atoms with Gasteiger partial charge in [-0.15, -0.1) is 0 Å². The number of hydrogen-bond acceptors (Lipinski definition) is 4. The topological polar surface area (TPSA) is 98.3 Å². The minimum Gasteiger partial charge on any atom is -0.345 e. The van der Waals surface area contributed by atoms with E-state index >= 15 is 0 Å². The summed E-state index contributed by atoms with van der Waals surface area (Å²) in [4.78, 5) is 22.6. The molecule has 2 rings (SSSR count). The number of benzene rings is 1. The second kappa shape index (κ2) is 5.79. The number of nitro benzene ring substituents is 1. The van der Waals surface area contributed by atoms with E-state index in [-0.39, 0.29) is 27.8 Å². The van der Waals surface area contributed by atoms with E-state index in [1.165, 1.54) is 0 Å². The van der Waals surface area contributed by atoms with Crippen molar-refractivity contribution in [3.05, 3.63) is 37.9 Å². The van der Waals surface area contributed by atoms with Gasteiger partial charge in [-0.05, 0) is 25.7 Å². The van der Waals surface area contributed by atoms with Gasteiger partial charge in [0.05, 0.1) is 26.1 Å². The molecule has 1 fully saturated rings. The lowest BCUT2D eigenvalue weighted by molar-refractivity contribution is -0.384. The van der Waals surface area contributed by atoms with Crippen LogP contribution in [-0.2, 0) is 0 Å². The van der Waals surface area contributed by atoms with Gasteiger partial charge < -0.3 is 11.1 Å². The first kappa shape index (κ1) is 16.0. The molecule has 0 aromatic heterocycles. The second-order valence-electron chi connectivity index (χ2n) is 5.40. The predicted molar refractivity (Wildman–Crippen MR) is 80.8 cm³/mol. The van der Waals surface area contributed by atoms with Crippen LogP contribution in [0, 0.1) is 16.0 Å². The smallest absolute Gasteiger partial charge is 0.271 e. The third-order valence-corrected chi connectivity index (χ3v) is 4.57. The molecular formula is C13H15Cl2N3O3. The molecule has 1 aromatic rings. The van der Waals surface area contributed by atoms with Gasteiger partial charge in [0.1, 0.15) is 0 Å². The number of carbonyl (C=O) groups is 1. The molecule has 1 amide bonds. The Balaban J connectivity index is 2.32. The van der Waals surface area contributed by atoms with Crippen molar-refractivity contribution in [2.24, 2.45) is 11.7 Å². The van der Waals surface area contributed by atoms with Crippen LogP contribution in [-0.4, -0.2) is 22.9 Å². The summed E-state index contributed by atoms with van der Waals surface area (Å²) >= 11 is 11.8. The van der Waals surface area contributed by atoms with Crippen molar-refractivity contribution >= 4 is 34.8 Å². The highest BCUT2D eigenvalue weighted by molar-refractivity contribution is 6.44. The third kappa shape index (κ3) is 3.28. The molecule has 8 heteroatoms. The highest BCUT2D eigenvalue weighted by atomic mass is 35.5. The maximum atomic E-state index is 12.4. The first-order valence-electron chi connectivity index (χ1n) is 6.44. The number of hydrogen-bond donors (Lipinski definition) is 2. The summed E-state index contributed by atoms with van der Waals surface area (Å²) in [5, 5.41) is 13.6. The molecule has 1 saturated carbocycles. The van der Waals surface area contributed by atoms with Crippen molar-refractivity contribution in [2.45, 2.75) is 25.3 Å². The summed E-state index contributed by atoms with van der Waals surface area (Å²) in [6.45, 7) is 2.14. The number of halogens is 2. The van der Waals surface area contributed by atoms with Gasteiger partial charge in [-0.2, -0.15) is 0 Å². The van der Waals surface area contributed by atoms with Crippen molar-refractivity contribution in [1.29, 1.82) is 0 Å². The van der Waals surface area contributed by atoms with Crippen molar-refractivity contribution in [1.82, 2.24) is 5.32 Å². The molecule has 0 saturated heterocycles. The van der Waals surface area contributed by atoms with Gasteiger partial charge in [0.15, 0.2) is 0 Å². The summed E-state index contributed by atoms with van der Waals surface area (Å²) < 4.78 is 0. The molecule has 3 N–H and O–H groups in total. The Labute approximate surface area is 131 Å². The fraction of sp³-hybridized carbons (Fsp3) is 0.462. The molecule has 1 aliphatic carbocycles. The molecule has 21 heavy (non-hydrogen) atoms. The van der Waals surface area contributed by atoms with Crippen LogP contribution in [0.15, 0.2) is 12.1 Å². The first-order valence-corrected chi connectivity index (χ1v) is 7.20. The lowest BCUT2D eigenvalue weighted by Crippen LogP contribution is -2.53. The van der Waals surface area contributed by atoms with Crippen molar-refractivity contribution in [3.63, 3.8) is 0 Å². The SMILES string of the molecule is CC(CN)(NC(=O)c1cc([N+](=O)[O-])cc(Cl)c1Cl)C1CC1. The van der Waals surface area contributed by atoms with Gasteiger partial charge in [-0.25, -0.2) is 0 Å². The summed E-state index contributed by atoms with van der Waals surface area (Å²) in [5.41, 5.74) is 4.89. The zero-order valence-corrected chi connectivity index (χ0v) is 12.9. The number of nitrogens with zero attached hydrogens (tertiary/aromatic N) is 1. The molecule has 0 aliphatic heterocycles. The highest BCUT2D eigenvalue weighted by Gasteiger charge is 2.42. The third-order valence-electron chi connectivity index (χ3n) is 3.77. The average Bonchev–Trinajstić information content (AvgIpc) is 3.25. The molecule has 0 radical (unpaired) electrons. The van der Waals surface area contributed by atoms with Crippen molar-refractivity contribution < 1.29 is 9.72 Å².